The first-order valence-electron chi connectivity index (χ1n) is 8.66. The van der Waals surface area contributed by atoms with Crippen molar-refractivity contribution in [2.24, 2.45) is 0 Å². The number of benzene rings is 1. The third-order valence-corrected chi connectivity index (χ3v) is 4.66. The summed E-state index contributed by atoms with van der Waals surface area (Å²) in [6.45, 7) is 5.34. The van der Waals surface area contributed by atoms with Gasteiger partial charge in [-0.2, -0.15) is 0 Å². The van der Waals surface area contributed by atoms with E-state index < -0.39 is 12.1 Å². The summed E-state index contributed by atoms with van der Waals surface area (Å²) in [5.74, 6) is -0.190. The molecule has 2 amide bonds. The molecule has 2 atom stereocenters. The summed E-state index contributed by atoms with van der Waals surface area (Å²) in [6.07, 6.45) is 1.25. The van der Waals surface area contributed by atoms with E-state index in [0.717, 1.165) is 25.9 Å². The Bertz CT molecular complexity index is 564. The van der Waals surface area contributed by atoms with Crippen molar-refractivity contribution in [1.29, 1.82) is 0 Å². The average Bonchev–Trinajstić information content (AvgIpc) is 3.17. The number of nitrogens with one attached hydrogen (secondary N) is 1. The SMILES string of the molecule is C[C@@H](NC(=O)C1CCCO1)C(=O)N1CCN(c2ccccc2)CC1. The standard InChI is InChI=1S/C18H25N3O3/c1-14(19-17(22)16-8-5-13-24-16)18(23)21-11-9-20(10-12-21)15-6-3-2-4-7-15/h2-4,6-7,14,16H,5,8-13H2,1H3,(H,19,22)/t14-,16?/m1/s1. The van der Waals surface area contributed by atoms with E-state index in [1.807, 2.05) is 23.1 Å². The number of carbonyl (C=O) groups excluding carboxylic acids is 2. The average molecular weight is 331 g/mol. The van der Waals surface area contributed by atoms with Crippen molar-refractivity contribution in [1.82, 2.24) is 10.2 Å². The molecule has 2 aliphatic heterocycles. The molecule has 1 unspecified atom stereocenters. The fraction of sp³-hybridized carbons (Fsp3) is 0.556. The minimum absolute atomic E-state index is 0.0194. The van der Waals surface area contributed by atoms with Gasteiger partial charge in [0.2, 0.25) is 11.8 Å². The van der Waals surface area contributed by atoms with Gasteiger partial charge in [0.25, 0.3) is 0 Å². The highest BCUT2D eigenvalue weighted by Gasteiger charge is 2.29. The normalized spacial score (nSPS) is 22.3. The van der Waals surface area contributed by atoms with Crippen molar-refractivity contribution in [3.05, 3.63) is 30.3 Å². The van der Waals surface area contributed by atoms with E-state index in [0.29, 0.717) is 19.7 Å². The molecule has 0 spiro atoms. The Morgan fingerprint density at radius 3 is 2.50 bits per heavy atom. The molecule has 2 aliphatic rings. The van der Waals surface area contributed by atoms with Crippen molar-refractivity contribution in [2.75, 3.05) is 37.7 Å². The van der Waals surface area contributed by atoms with E-state index in [9.17, 15) is 9.59 Å². The zero-order valence-corrected chi connectivity index (χ0v) is 14.1. The maximum absolute atomic E-state index is 12.5. The van der Waals surface area contributed by atoms with Crippen LogP contribution in [0.15, 0.2) is 30.3 Å². The summed E-state index contributed by atoms with van der Waals surface area (Å²) >= 11 is 0. The van der Waals surface area contributed by atoms with E-state index in [1.54, 1.807) is 6.92 Å². The maximum atomic E-state index is 12.5. The Hall–Kier alpha value is -2.08. The Labute approximate surface area is 142 Å². The van der Waals surface area contributed by atoms with E-state index in [4.69, 9.17) is 4.74 Å². The highest BCUT2D eigenvalue weighted by atomic mass is 16.5. The Morgan fingerprint density at radius 2 is 1.88 bits per heavy atom. The Morgan fingerprint density at radius 1 is 1.17 bits per heavy atom. The Kier molecular flexibility index (Phi) is 5.35. The number of ether oxygens (including phenoxy) is 1. The number of rotatable bonds is 4. The molecule has 2 saturated heterocycles. The number of carbonyl (C=O) groups is 2. The van der Waals surface area contributed by atoms with Crippen LogP contribution >= 0.6 is 0 Å². The first kappa shape index (κ1) is 16.8. The third-order valence-electron chi connectivity index (χ3n) is 4.66. The van der Waals surface area contributed by atoms with E-state index in [1.165, 1.54) is 5.69 Å². The van der Waals surface area contributed by atoms with Crippen molar-refractivity contribution >= 4 is 17.5 Å². The van der Waals surface area contributed by atoms with Crippen LogP contribution in [0.4, 0.5) is 5.69 Å². The van der Waals surface area contributed by atoms with Crippen molar-refractivity contribution in [3.8, 4) is 0 Å². The van der Waals surface area contributed by atoms with Gasteiger partial charge in [-0.05, 0) is 31.9 Å². The first-order chi connectivity index (χ1) is 11.6. The summed E-state index contributed by atoms with van der Waals surface area (Å²) < 4.78 is 5.36. The maximum Gasteiger partial charge on any atom is 0.249 e. The van der Waals surface area contributed by atoms with Crippen LogP contribution < -0.4 is 10.2 Å². The molecule has 3 rings (SSSR count). The first-order valence-corrected chi connectivity index (χ1v) is 8.66. The molecule has 1 aromatic rings. The third kappa shape index (κ3) is 3.87. The van der Waals surface area contributed by atoms with E-state index in [2.05, 4.69) is 22.3 Å². The molecule has 24 heavy (non-hydrogen) atoms. The summed E-state index contributed by atoms with van der Waals surface area (Å²) in [5.41, 5.74) is 1.18. The van der Waals surface area contributed by atoms with Gasteiger partial charge in [-0.15, -0.1) is 0 Å². The molecule has 2 fully saturated rings. The largest absolute Gasteiger partial charge is 0.368 e. The van der Waals surface area contributed by atoms with Gasteiger partial charge < -0.3 is 19.9 Å². The number of para-hydroxylation sites is 1. The molecule has 130 valence electrons. The van der Waals surface area contributed by atoms with Crippen LogP contribution in [-0.2, 0) is 14.3 Å². The minimum Gasteiger partial charge on any atom is -0.368 e. The molecule has 6 nitrogen and oxygen atoms in total. The molecule has 2 heterocycles. The zero-order valence-electron chi connectivity index (χ0n) is 14.1. The summed E-state index contributed by atoms with van der Waals surface area (Å²) in [7, 11) is 0. The molecule has 0 aliphatic carbocycles. The van der Waals surface area contributed by atoms with Gasteiger partial charge in [0, 0.05) is 38.5 Å². The van der Waals surface area contributed by atoms with Gasteiger partial charge >= 0.3 is 0 Å². The van der Waals surface area contributed by atoms with Crippen LogP contribution in [0.3, 0.4) is 0 Å². The summed E-state index contributed by atoms with van der Waals surface area (Å²) in [4.78, 5) is 28.7. The molecular formula is C18H25N3O3. The van der Waals surface area contributed by atoms with Crippen LogP contribution in [0.1, 0.15) is 19.8 Å². The second-order valence-corrected chi connectivity index (χ2v) is 6.38. The minimum atomic E-state index is -0.509. The van der Waals surface area contributed by atoms with Gasteiger partial charge in [0.15, 0.2) is 0 Å². The second-order valence-electron chi connectivity index (χ2n) is 6.38. The van der Waals surface area contributed by atoms with Crippen LogP contribution in [0.5, 0.6) is 0 Å². The highest BCUT2D eigenvalue weighted by Crippen LogP contribution is 2.16. The molecule has 0 saturated carbocycles. The quantitative estimate of drug-likeness (QED) is 0.895. The van der Waals surface area contributed by atoms with Crippen molar-refractivity contribution < 1.29 is 14.3 Å². The predicted molar refractivity (Wildman–Crippen MR) is 91.8 cm³/mol. The van der Waals surface area contributed by atoms with Gasteiger partial charge in [0.05, 0.1) is 0 Å². The molecule has 1 N–H and O–H groups in total. The number of nitrogens with zero attached hydrogens (tertiary/aromatic N) is 2. The van der Waals surface area contributed by atoms with Crippen LogP contribution in [0.2, 0.25) is 0 Å². The molecule has 0 radical (unpaired) electrons. The second kappa shape index (κ2) is 7.66. The molecule has 1 aromatic carbocycles. The number of piperazine rings is 1. The number of hydrogen-bond acceptors (Lipinski definition) is 4. The lowest BCUT2D eigenvalue weighted by atomic mass is 10.2. The lowest BCUT2D eigenvalue weighted by molar-refractivity contribution is -0.139. The highest BCUT2D eigenvalue weighted by molar-refractivity contribution is 5.89. The molecule has 0 bridgehead atoms. The van der Waals surface area contributed by atoms with Gasteiger partial charge in [-0.3, -0.25) is 9.59 Å². The molecule has 6 heteroatoms. The smallest absolute Gasteiger partial charge is 0.249 e. The van der Waals surface area contributed by atoms with Crippen LogP contribution in [0.25, 0.3) is 0 Å². The predicted octanol–water partition coefficient (Wildman–Crippen LogP) is 1.02. The van der Waals surface area contributed by atoms with Gasteiger partial charge in [-0.25, -0.2) is 0 Å². The van der Waals surface area contributed by atoms with Crippen molar-refractivity contribution in [2.45, 2.75) is 31.9 Å². The number of hydrogen-bond donors (Lipinski definition) is 1. The molecular weight excluding hydrogens is 306 g/mol. The topological polar surface area (TPSA) is 61.9 Å². The fourth-order valence-corrected chi connectivity index (χ4v) is 3.25. The summed E-state index contributed by atoms with van der Waals surface area (Å²) in [5, 5.41) is 2.79. The monoisotopic (exact) mass is 331 g/mol. The van der Waals surface area contributed by atoms with E-state index in [-0.39, 0.29) is 11.8 Å². The van der Waals surface area contributed by atoms with Gasteiger partial charge in [0.1, 0.15) is 12.1 Å². The Balaban J connectivity index is 1.48. The molecule has 0 aromatic heterocycles. The number of amides is 2. The number of anilines is 1. The van der Waals surface area contributed by atoms with E-state index >= 15 is 0 Å². The lowest BCUT2D eigenvalue weighted by Crippen LogP contribution is -2.55. The van der Waals surface area contributed by atoms with Crippen LogP contribution in [0, 0.1) is 0 Å². The van der Waals surface area contributed by atoms with Crippen molar-refractivity contribution in [3.63, 3.8) is 0 Å². The zero-order chi connectivity index (χ0) is 16.9. The van der Waals surface area contributed by atoms with Gasteiger partial charge in [-0.1, -0.05) is 18.2 Å². The summed E-state index contributed by atoms with van der Waals surface area (Å²) in [6, 6.07) is 9.71. The van der Waals surface area contributed by atoms with Crippen LogP contribution in [-0.4, -0.2) is 61.6 Å². The lowest BCUT2D eigenvalue weighted by Gasteiger charge is -2.37. The fourth-order valence-electron chi connectivity index (χ4n) is 3.25.